The molecule has 0 aliphatic rings. The molecule has 0 amide bonds. The zero-order valence-corrected chi connectivity index (χ0v) is 13.6. The van der Waals surface area contributed by atoms with Crippen LogP contribution in [0.5, 0.6) is 5.75 Å². The molecule has 23 heavy (non-hydrogen) atoms. The fourth-order valence-electron chi connectivity index (χ4n) is 1.81. The van der Waals surface area contributed by atoms with Crippen LogP contribution >= 0.6 is 0 Å². The van der Waals surface area contributed by atoms with E-state index in [1.165, 1.54) is 55.6 Å². The first-order chi connectivity index (χ1) is 10.8. The van der Waals surface area contributed by atoms with E-state index in [4.69, 9.17) is 10.3 Å². The first-order valence-corrected chi connectivity index (χ1v) is 9.22. The lowest BCUT2D eigenvalue weighted by molar-refractivity contribution is 0.00380. The predicted molar refractivity (Wildman–Crippen MR) is 82.4 cm³/mol. The standard InChI is InChI=1S/C14H12N2O5S2/c1-21-11-7-9-13(10-8-11)23(19,20)14(16-15)22(17,18)12-5-3-2-4-6-12/h2-10H,1H3. The van der Waals surface area contributed by atoms with Crippen LogP contribution in [0.3, 0.4) is 0 Å². The van der Waals surface area contributed by atoms with Crippen molar-refractivity contribution in [3.63, 3.8) is 0 Å². The Morgan fingerprint density at radius 3 is 1.78 bits per heavy atom. The summed E-state index contributed by atoms with van der Waals surface area (Å²) in [5, 5.41) is 0. The van der Waals surface area contributed by atoms with Gasteiger partial charge in [-0.15, -0.1) is 4.79 Å². The molecule has 0 atom stereocenters. The van der Waals surface area contributed by atoms with Crippen molar-refractivity contribution in [1.82, 2.24) is 0 Å². The third-order valence-electron chi connectivity index (χ3n) is 2.96. The number of benzene rings is 2. The second-order valence-electron chi connectivity index (χ2n) is 4.36. The highest BCUT2D eigenvalue weighted by atomic mass is 32.3. The van der Waals surface area contributed by atoms with Crippen molar-refractivity contribution >= 4 is 24.1 Å². The molecule has 0 bridgehead atoms. The number of hydrogen-bond acceptors (Lipinski definition) is 5. The molecule has 0 radical (unpaired) electrons. The summed E-state index contributed by atoms with van der Waals surface area (Å²) in [5.74, 6) is 0.400. The summed E-state index contributed by atoms with van der Waals surface area (Å²) in [6, 6.07) is 11.9. The van der Waals surface area contributed by atoms with E-state index >= 15 is 0 Å². The average Bonchev–Trinajstić information content (AvgIpc) is 2.56. The van der Waals surface area contributed by atoms with Crippen molar-refractivity contribution in [1.29, 1.82) is 0 Å². The van der Waals surface area contributed by atoms with Crippen molar-refractivity contribution in [2.75, 3.05) is 7.11 Å². The minimum absolute atomic E-state index is 0.287. The van der Waals surface area contributed by atoms with Crippen molar-refractivity contribution in [3.05, 3.63) is 60.1 Å². The molecule has 0 saturated carbocycles. The zero-order valence-electron chi connectivity index (χ0n) is 11.9. The molecule has 0 heterocycles. The van der Waals surface area contributed by atoms with Gasteiger partial charge in [-0.25, -0.2) is 16.8 Å². The fourth-order valence-corrected chi connectivity index (χ4v) is 5.17. The number of nitrogens with zero attached hydrogens (tertiary/aromatic N) is 2. The maximum Gasteiger partial charge on any atom is 0.504 e. The lowest BCUT2D eigenvalue weighted by atomic mass is 10.3. The monoisotopic (exact) mass is 352 g/mol. The third-order valence-corrected chi connectivity index (χ3v) is 7.15. The summed E-state index contributed by atoms with van der Waals surface area (Å²) in [6.07, 6.45) is 0. The van der Waals surface area contributed by atoms with Gasteiger partial charge < -0.3 is 10.3 Å². The predicted octanol–water partition coefficient (Wildman–Crippen LogP) is 1.53. The van der Waals surface area contributed by atoms with Crippen molar-refractivity contribution in [3.8, 4) is 5.75 Å². The molecule has 2 aromatic rings. The Bertz CT molecular complexity index is 960. The molecule has 9 heteroatoms. The van der Waals surface area contributed by atoms with Crippen LogP contribution in [0.2, 0.25) is 0 Å². The molecule has 0 saturated heterocycles. The molecule has 120 valence electrons. The van der Waals surface area contributed by atoms with Gasteiger partial charge in [0.05, 0.1) is 16.9 Å². The van der Waals surface area contributed by atoms with E-state index in [2.05, 4.69) is 4.79 Å². The van der Waals surface area contributed by atoms with Gasteiger partial charge in [-0.1, -0.05) is 18.2 Å². The van der Waals surface area contributed by atoms with Gasteiger partial charge in [0.25, 0.3) is 19.7 Å². The van der Waals surface area contributed by atoms with E-state index in [1.54, 1.807) is 6.07 Å². The number of rotatable bonds is 3. The summed E-state index contributed by atoms with van der Waals surface area (Å²) in [5.41, 5.74) is 9.03. The van der Waals surface area contributed by atoms with Gasteiger partial charge in [0.15, 0.2) is 0 Å². The SMILES string of the molecule is COc1ccc(S(=O)(=O)C(=[N+]=[N-])S(=O)(=O)c2ccccc2)cc1. The minimum atomic E-state index is -4.53. The topological polar surface area (TPSA) is 114 Å². The average molecular weight is 352 g/mol. The molecule has 0 aliphatic carbocycles. The Labute approximate surface area is 133 Å². The fraction of sp³-hybridized carbons (Fsp3) is 0.0714. The van der Waals surface area contributed by atoms with Crippen LogP contribution < -0.4 is 4.74 Å². The minimum Gasteiger partial charge on any atom is -0.497 e. The smallest absolute Gasteiger partial charge is 0.497 e. The molecule has 0 aliphatic heterocycles. The van der Waals surface area contributed by atoms with Crippen LogP contribution in [-0.4, -0.2) is 33.1 Å². The second-order valence-corrected chi connectivity index (χ2v) is 8.35. The Hall–Kier alpha value is -2.48. The van der Waals surface area contributed by atoms with E-state index in [0.717, 1.165) is 0 Å². The van der Waals surface area contributed by atoms with Crippen molar-refractivity contribution < 1.29 is 26.4 Å². The summed E-state index contributed by atoms with van der Waals surface area (Å²) in [7, 11) is -7.61. The van der Waals surface area contributed by atoms with E-state index in [1.807, 2.05) is 0 Å². The van der Waals surface area contributed by atoms with Crippen molar-refractivity contribution in [2.24, 2.45) is 0 Å². The van der Waals surface area contributed by atoms with E-state index < -0.39 is 24.1 Å². The van der Waals surface area contributed by atoms with Gasteiger partial charge in [0.2, 0.25) is 0 Å². The highest BCUT2D eigenvalue weighted by Gasteiger charge is 2.43. The Balaban J connectivity index is 2.58. The number of methoxy groups -OCH3 is 1. The van der Waals surface area contributed by atoms with Gasteiger partial charge in [0.1, 0.15) is 5.75 Å². The van der Waals surface area contributed by atoms with Crippen LogP contribution in [-0.2, 0) is 19.7 Å². The van der Waals surface area contributed by atoms with Gasteiger partial charge in [-0.2, -0.15) is 0 Å². The second kappa shape index (κ2) is 6.33. The molecule has 0 spiro atoms. The number of ether oxygens (including phenoxy) is 1. The summed E-state index contributed by atoms with van der Waals surface area (Å²) in [6.45, 7) is 0. The Kier molecular flexibility index (Phi) is 4.65. The molecule has 2 aromatic carbocycles. The van der Waals surface area contributed by atoms with E-state index in [-0.39, 0.29) is 9.79 Å². The zero-order chi connectivity index (χ0) is 17.1. The van der Waals surface area contributed by atoms with Gasteiger partial charge in [0, 0.05) is 0 Å². The molecule has 0 aromatic heterocycles. The third kappa shape index (κ3) is 3.16. The Morgan fingerprint density at radius 1 is 0.870 bits per heavy atom. The van der Waals surface area contributed by atoms with E-state index in [9.17, 15) is 16.8 Å². The molecule has 0 fully saturated rings. The maximum absolute atomic E-state index is 12.5. The van der Waals surface area contributed by atoms with Gasteiger partial charge in [-0.05, 0) is 36.4 Å². The summed E-state index contributed by atoms with van der Waals surface area (Å²) < 4.78 is 53.3. The molecular formula is C14H12N2O5S2. The van der Waals surface area contributed by atoms with Crippen LogP contribution in [0.4, 0.5) is 0 Å². The van der Waals surface area contributed by atoms with Gasteiger partial charge >= 0.3 is 4.38 Å². The molecule has 0 unspecified atom stereocenters. The largest absolute Gasteiger partial charge is 0.504 e. The van der Waals surface area contributed by atoms with Gasteiger partial charge in [-0.3, -0.25) is 0 Å². The highest BCUT2D eigenvalue weighted by Crippen LogP contribution is 2.22. The molecule has 0 N–H and O–H groups in total. The first kappa shape index (κ1) is 16.9. The Morgan fingerprint density at radius 2 is 1.35 bits per heavy atom. The lowest BCUT2D eigenvalue weighted by Gasteiger charge is -2.03. The summed E-state index contributed by atoms with van der Waals surface area (Å²) >= 11 is 0. The molecule has 7 nitrogen and oxygen atoms in total. The van der Waals surface area contributed by atoms with Crippen LogP contribution in [0.15, 0.2) is 64.4 Å². The van der Waals surface area contributed by atoms with Crippen molar-refractivity contribution in [2.45, 2.75) is 9.79 Å². The number of sulfone groups is 2. The first-order valence-electron chi connectivity index (χ1n) is 6.25. The maximum atomic E-state index is 12.5. The van der Waals surface area contributed by atoms with Crippen LogP contribution in [0, 0.1) is 0 Å². The lowest BCUT2D eigenvalue weighted by Crippen LogP contribution is -2.26. The normalized spacial score (nSPS) is 11.5. The number of hydrogen-bond donors (Lipinski definition) is 0. The quantitative estimate of drug-likeness (QED) is 0.360. The van der Waals surface area contributed by atoms with Crippen LogP contribution in [0.1, 0.15) is 0 Å². The summed E-state index contributed by atoms with van der Waals surface area (Å²) in [4.78, 5) is 1.92. The molecule has 2 rings (SSSR count). The van der Waals surface area contributed by atoms with E-state index in [0.29, 0.717) is 5.75 Å². The highest BCUT2D eigenvalue weighted by molar-refractivity contribution is 8.31. The van der Waals surface area contributed by atoms with Crippen LogP contribution in [0.25, 0.3) is 5.53 Å². The molecular weight excluding hydrogens is 340 g/mol.